The Morgan fingerprint density at radius 3 is 0.786 bits per heavy atom. The summed E-state index contributed by atoms with van der Waals surface area (Å²) in [5.74, 6) is 0. The molecule has 0 spiro atoms. The number of aromatic nitrogens is 2. The van der Waals surface area contributed by atoms with Gasteiger partial charge in [-0.1, -0.05) is 196 Å². The maximum atomic E-state index is 4.06. The predicted molar refractivity (Wildman–Crippen MR) is 361 cm³/mol. The molecule has 0 fully saturated rings. The number of benzene rings is 12. The van der Waals surface area contributed by atoms with Crippen molar-refractivity contribution in [2.24, 2.45) is 0 Å². The van der Waals surface area contributed by atoms with Gasteiger partial charge in [-0.15, -0.1) is 0 Å². The Bertz CT molecular complexity index is 4470. The molecule has 0 N–H and O–H groups in total. The average Bonchev–Trinajstić information content (AvgIpc) is 2.58. The molecule has 0 atom stereocenters. The first-order valence-corrected chi connectivity index (χ1v) is 28.4. The molecule has 0 aliphatic carbocycles. The largest absolute Gasteiger partial charge is 0.310 e. The van der Waals surface area contributed by atoms with Crippen LogP contribution in [0.5, 0.6) is 0 Å². The minimum Gasteiger partial charge on any atom is -0.310 e. The summed E-state index contributed by atoms with van der Waals surface area (Å²) in [7, 11) is 0. The molecule has 2 aromatic heterocycles. The van der Waals surface area contributed by atoms with Gasteiger partial charge in [-0.05, 0) is 189 Å². The van der Waals surface area contributed by atoms with Crippen LogP contribution in [0.4, 0.5) is 34.1 Å². The van der Waals surface area contributed by atoms with Crippen LogP contribution in [0.1, 0.15) is 22.3 Å². The van der Waals surface area contributed by atoms with E-state index in [1.54, 1.807) is 0 Å². The van der Waals surface area contributed by atoms with Gasteiger partial charge in [0.25, 0.3) is 0 Å². The van der Waals surface area contributed by atoms with Crippen molar-refractivity contribution in [2.45, 2.75) is 0 Å². The molecule has 0 saturated heterocycles. The zero-order valence-corrected chi connectivity index (χ0v) is 46.5. The third-order valence-corrected chi connectivity index (χ3v) is 16.4. The van der Waals surface area contributed by atoms with Crippen LogP contribution in [0.2, 0.25) is 0 Å². The van der Waals surface area contributed by atoms with Gasteiger partial charge in [0, 0.05) is 67.0 Å². The Hall–Kier alpha value is -11.2. The molecule has 4 nitrogen and oxygen atoms in total. The zero-order chi connectivity index (χ0) is 56.7. The summed E-state index contributed by atoms with van der Waals surface area (Å²) in [6.45, 7) is 16.1. The molecule has 0 saturated carbocycles. The minimum atomic E-state index is 1.05. The smallest absolute Gasteiger partial charge is 0.0542 e. The Kier molecular flexibility index (Phi) is 13.2. The van der Waals surface area contributed by atoms with Crippen molar-refractivity contribution < 1.29 is 0 Å². The van der Waals surface area contributed by atoms with E-state index in [9.17, 15) is 0 Å². The molecule has 2 heterocycles. The first-order valence-electron chi connectivity index (χ1n) is 28.4. The SMILES string of the molecule is C=Cc1ccc(-c2ccc3c(c2)c2cc(N(c4ccc(C=C)cc4)c4ccc(-c5ccc(N(c6ccc(C=C)cc6)c6ccc7c(c6)c6cc(-c8ccc(C=C)cc8)ccc6n7-c6ccccc6)cc5)cc4)ccc2n3-c2ccccc2)cc1. The fourth-order valence-electron chi connectivity index (χ4n) is 12.0. The number of hydrogen-bond acceptors (Lipinski definition) is 2. The maximum Gasteiger partial charge on any atom is 0.0542 e. The van der Waals surface area contributed by atoms with Gasteiger partial charge < -0.3 is 18.9 Å². The maximum absolute atomic E-state index is 4.06. The molecule has 0 aliphatic rings. The van der Waals surface area contributed by atoms with Gasteiger partial charge in [-0.3, -0.25) is 0 Å². The van der Waals surface area contributed by atoms with Crippen LogP contribution in [0, 0.1) is 0 Å². The molecule has 14 rings (SSSR count). The molecule has 4 heteroatoms. The molecular formula is C80H58N4. The molecule has 14 aromatic rings. The van der Waals surface area contributed by atoms with Crippen LogP contribution >= 0.6 is 0 Å². The summed E-state index contributed by atoms with van der Waals surface area (Å²) < 4.78 is 4.76. The lowest BCUT2D eigenvalue weighted by molar-refractivity contribution is 1.18. The quantitative estimate of drug-likeness (QED) is 0.102. The summed E-state index contributed by atoms with van der Waals surface area (Å²) in [4.78, 5) is 4.71. The number of nitrogens with zero attached hydrogens (tertiary/aromatic N) is 4. The van der Waals surface area contributed by atoms with Crippen molar-refractivity contribution in [3.05, 3.63) is 328 Å². The molecule has 0 radical (unpaired) electrons. The fraction of sp³-hybridized carbons (Fsp3) is 0. The van der Waals surface area contributed by atoms with Crippen LogP contribution < -0.4 is 9.80 Å². The van der Waals surface area contributed by atoms with E-state index in [0.717, 1.165) is 123 Å². The Labute approximate surface area is 490 Å². The lowest BCUT2D eigenvalue weighted by Crippen LogP contribution is -2.10. The van der Waals surface area contributed by atoms with Crippen LogP contribution in [0.15, 0.2) is 305 Å². The van der Waals surface area contributed by atoms with E-state index < -0.39 is 0 Å². The molecule has 0 amide bonds. The number of anilines is 6. The molecule has 398 valence electrons. The van der Waals surface area contributed by atoms with Gasteiger partial charge in [0.15, 0.2) is 0 Å². The van der Waals surface area contributed by atoms with E-state index in [1.165, 1.54) is 21.5 Å². The predicted octanol–water partition coefficient (Wildman–Crippen LogP) is 22.4. The third kappa shape index (κ3) is 9.28. The topological polar surface area (TPSA) is 16.3 Å². The normalized spacial score (nSPS) is 11.3. The van der Waals surface area contributed by atoms with E-state index >= 15 is 0 Å². The first kappa shape index (κ1) is 51.0. The van der Waals surface area contributed by atoms with Crippen molar-refractivity contribution in [3.63, 3.8) is 0 Å². The highest BCUT2D eigenvalue weighted by atomic mass is 15.1. The highest BCUT2D eigenvalue weighted by molar-refractivity contribution is 6.13. The first-order chi connectivity index (χ1) is 41.4. The Balaban J connectivity index is 0.845. The lowest BCUT2D eigenvalue weighted by Gasteiger charge is -2.26. The molecule has 84 heavy (non-hydrogen) atoms. The molecule has 0 unspecified atom stereocenters. The van der Waals surface area contributed by atoms with Crippen molar-refractivity contribution >= 4 is 102 Å². The lowest BCUT2D eigenvalue weighted by atomic mass is 10.0. The summed E-state index contributed by atoms with van der Waals surface area (Å²) in [6.07, 6.45) is 7.56. The Morgan fingerprint density at radius 2 is 0.464 bits per heavy atom. The second-order valence-corrected chi connectivity index (χ2v) is 21.2. The third-order valence-electron chi connectivity index (χ3n) is 16.4. The van der Waals surface area contributed by atoms with E-state index in [1.807, 2.05) is 24.3 Å². The van der Waals surface area contributed by atoms with Gasteiger partial charge in [0.1, 0.15) is 0 Å². The van der Waals surface area contributed by atoms with Gasteiger partial charge in [0.05, 0.1) is 22.1 Å². The van der Waals surface area contributed by atoms with Crippen molar-refractivity contribution in [1.29, 1.82) is 0 Å². The minimum absolute atomic E-state index is 1.05. The van der Waals surface area contributed by atoms with Gasteiger partial charge in [0.2, 0.25) is 0 Å². The van der Waals surface area contributed by atoms with Crippen molar-refractivity contribution in [1.82, 2.24) is 9.13 Å². The fourth-order valence-corrected chi connectivity index (χ4v) is 12.0. The van der Waals surface area contributed by atoms with E-state index in [-0.39, 0.29) is 0 Å². The van der Waals surface area contributed by atoms with Crippen LogP contribution in [-0.4, -0.2) is 9.13 Å². The standard InChI is InChI=1S/C80H58N4/c1-5-55-19-27-61(28-20-55)63-35-47-77-73(51-63)75-53-71(45-49-79(75)83(77)65-15-11-9-12-16-65)81(67-37-23-57(7-3)24-38-67)69-41-31-59(32-42-69)60-33-43-70(44-34-60)82(68-39-25-58(8-4)26-40-68)72-46-50-80-76(54-72)74-52-64(62-29-21-56(6-2)22-30-62)36-48-78(74)84(80)66-17-13-10-14-18-66/h5-54H,1-4H2. The van der Waals surface area contributed by atoms with Crippen molar-refractivity contribution in [3.8, 4) is 44.8 Å². The average molecular weight is 1080 g/mol. The number of hydrogen-bond donors (Lipinski definition) is 0. The summed E-state index contributed by atoms with van der Waals surface area (Å²) in [5, 5.41) is 4.71. The monoisotopic (exact) mass is 1070 g/mol. The van der Waals surface area contributed by atoms with Crippen LogP contribution in [-0.2, 0) is 0 Å². The number of para-hydroxylation sites is 2. The van der Waals surface area contributed by atoms with Crippen molar-refractivity contribution in [2.75, 3.05) is 9.80 Å². The highest BCUT2D eigenvalue weighted by Crippen LogP contribution is 2.44. The summed E-state index contributed by atoms with van der Waals surface area (Å²) >= 11 is 0. The van der Waals surface area contributed by atoms with E-state index in [4.69, 9.17) is 0 Å². The summed E-state index contributed by atoms with van der Waals surface area (Å²) in [6, 6.07) is 101. The second kappa shape index (κ2) is 21.7. The van der Waals surface area contributed by atoms with Gasteiger partial charge >= 0.3 is 0 Å². The van der Waals surface area contributed by atoms with Gasteiger partial charge in [-0.25, -0.2) is 0 Å². The number of fused-ring (bicyclic) bond motifs is 6. The van der Waals surface area contributed by atoms with Crippen LogP contribution in [0.25, 0.3) is 113 Å². The molecule has 0 aliphatic heterocycles. The van der Waals surface area contributed by atoms with E-state index in [2.05, 4.69) is 324 Å². The Morgan fingerprint density at radius 1 is 0.226 bits per heavy atom. The summed E-state index contributed by atoms with van der Waals surface area (Å²) in [5.41, 5.74) is 24.4. The zero-order valence-electron chi connectivity index (χ0n) is 46.5. The van der Waals surface area contributed by atoms with Gasteiger partial charge in [-0.2, -0.15) is 0 Å². The molecular weight excluding hydrogens is 1020 g/mol. The van der Waals surface area contributed by atoms with E-state index in [0.29, 0.717) is 0 Å². The second-order valence-electron chi connectivity index (χ2n) is 21.2. The van der Waals surface area contributed by atoms with Crippen LogP contribution in [0.3, 0.4) is 0 Å². The highest BCUT2D eigenvalue weighted by Gasteiger charge is 2.21. The molecule has 12 aromatic carbocycles. The number of rotatable bonds is 15. The molecule has 0 bridgehead atoms.